The molecule has 0 aliphatic carbocycles. The lowest BCUT2D eigenvalue weighted by Gasteiger charge is -2.19. The van der Waals surface area contributed by atoms with Gasteiger partial charge in [-0.3, -0.25) is 0 Å². The largest absolute Gasteiger partial charge is 0.121 e. The zero-order valence-electron chi connectivity index (χ0n) is 10.7. The van der Waals surface area contributed by atoms with Crippen molar-refractivity contribution in [1.82, 2.24) is 0 Å². The maximum atomic E-state index is 2.40. The summed E-state index contributed by atoms with van der Waals surface area (Å²) in [5.41, 5.74) is 0. The van der Waals surface area contributed by atoms with E-state index >= 15 is 0 Å². The molecule has 0 amide bonds. The molecule has 17 heavy (non-hydrogen) atoms. The molecular formula is C14H23P3. The summed E-state index contributed by atoms with van der Waals surface area (Å²) in [5.74, 6) is 0. The highest BCUT2D eigenvalue weighted by Gasteiger charge is 2.15. The average molecular weight is 284 g/mol. The van der Waals surface area contributed by atoms with Crippen LogP contribution in [0.25, 0.3) is 0 Å². The zero-order chi connectivity index (χ0) is 11.9. The second kappa shape index (κ2) is 7.84. The van der Waals surface area contributed by atoms with E-state index in [1.165, 1.54) is 45.6 Å². The van der Waals surface area contributed by atoms with E-state index in [9.17, 15) is 0 Å². The van der Waals surface area contributed by atoms with E-state index in [0.29, 0.717) is 7.92 Å². The minimum absolute atomic E-state index is 0.163. The van der Waals surface area contributed by atoms with Crippen molar-refractivity contribution in [2.45, 2.75) is 6.92 Å². The Balaban J connectivity index is 2.00. The molecule has 1 saturated heterocycles. The summed E-state index contributed by atoms with van der Waals surface area (Å²) in [4.78, 5) is 0. The Labute approximate surface area is 110 Å². The molecule has 1 heterocycles. The number of rotatable bonds is 2. The van der Waals surface area contributed by atoms with Crippen molar-refractivity contribution in [2.24, 2.45) is 0 Å². The Morgan fingerprint density at radius 1 is 1.00 bits per heavy atom. The second-order valence-electron chi connectivity index (χ2n) is 4.51. The molecule has 3 atom stereocenters. The molecule has 0 bridgehead atoms. The highest BCUT2D eigenvalue weighted by atomic mass is 31.1. The maximum Gasteiger partial charge on any atom is -0.0240 e. The van der Waals surface area contributed by atoms with Crippen LogP contribution in [0.5, 0.6) is 0 Å². The third-order valence-corrected chi connectivity index (χ3v) is 11.0. The van der Waals surface area contributed by atoms with Crippen LogP contribution >= 0.6 is 24.4 Å². The maximum absolute atomic E-state index is 2.40. The van der Waals surface area contributed by atoms with Crippen molar-refractivity contribution in [3.63, 3.8) is 0 Å². The minimum Gasteiger partial charge on any atom is -0.121 e. The standard InChI is InChI=1S/C14H23P3/c1-2-16-10-8-15-9-11-17(13-12-16)14-6-4-3-5-7-14/h3-7,15H,2,8-13H2,1H3. The topological polar surface area (TPSA) is 0 Å². The second-order valence-corrected chi connectivity index (χ2v) is 11.4. The van der Waals surface area contributed by atoms with E-state index in [1.807, 2.05) is 0 Å². The summed E-state index contributed by atoms with van der Waals surface area (Å²) in [6.07, 6.45) is 10.6. The van der Waals surface area contributed by atoms with Crippen molar-refractivity contribution in [3.8, 4) is 0 Å². The summed E-state index contributed by atoms with van der Waals surface area (Å²) >= 11 is 0. The molecular weight excluding hydrogens is 261 g/mol. The highest BCUT2D eigenvalue weighted by molar-refractivity contribution is 7.68. The lowest BCUT2D eigenvalue weighted by molar-refractivity contribution is 1.36. The van der Waals surface area contributed by atoms with Gasteiger partial charge in [0.2, 0.25) is 0 Å². The summed E-state index contributed by atoms with van der Waals surface area (Å²) in [6.45, 7) is 2.40. The van der Waals surface area contributed by atoms with Crippen molar-refractivity contribution in [1.29, 1.82) is 0 Å². The van der Waals surface area contributed by atoms with Gasteiger partial charge in [-0.25, -0.2) is 0 Å². The molecule has 1 aromatic carbocycles. The van der Waals surface area contributed by atoms with Gasteiger partial charge in [0.05, 0.1) is 0 Å². The van der Waals surface area contributed by atoms with Gasteiger partial charge in [0, 0.05) is 0 Å². The van der Waals surface area contributed by atoms with E-state index in [2.05, 4.69) is 37.3 Å². The van der Waals surface area contributed by atoms with Crippen LogP contribution in [0.1, 0.15) is 6.92 Å². The molecule has 0 nitrogen and oxygen atoms in total. The Morgan fingerprint density at radius 3 is 2.53 bits per heavy atom. The van der Waals surface area contributed by atoms with Gasteiger partial charge < -0.3 is 0 Å². The number of benzene rings is 1. The highest BCUT2D eigenvalue weighted by Crippen LogP contribution is 2.45. The van der Waals surface area contributed by atoms with Gasteiger partial charge in [-0.1, -0.05) is 45.2 Å². The molecule has 1 fully saturated rings. The molecule has 0 spiro atoms. The molecule has 0 N–H and O–H groups in total. The predicted molar refractivity (Wildman–Crippen MR) is 88.0 cm³/mol. The monoisotopic (exact) mass is 284 g/mol. The summed E-state index contributed by atoms with van der Waals surface area (Å²) in [5, 5.41) is 1.65. The molecule has 2 rings (SSSR count). The van der Waals surface area contributed by atoms with Gasteiger partial charge in [0.25, 0.3) is 0 Å². The van der Waals surface area contributed by atoms with E-state index in [4.69, 9.17) is 0 Å². The minimum atomic E-state index is 0.163. The summed E-state index contributed by atoms with van der Waals surface area (Å²) < 4.78 is 0. The molecule has 1 aliphatic rings. The Kier molecular flexibility index (Phi) is 6.42. The van der Waals surface area contributed by atoms with Crippen molar-refractivity contribution in [2.75, 3.05) is 43.1 Å². The first-order valence-electron chi connectivity index (χ1n) is 6.63. The van der Waals surface area contributed by atoms with Crippen molar-refractivity contribution in [3.05, 3.63) is 30.3 Å². The summed E-state index contributed by atoms with van der Waals surface area (Å²) in [7, 11) is 1.78. The van der Waals surface area contributed by atoms with Crippen LogP contribution in [0.3, 0.4) is 0 Å². The van der Waals surface area contributed by atoms with Crippen LogP contribution in [-0.2, 0) is 0 Å². The van der Waals surface area contributed by atoms with Gasteiger partial charge in [-0.05, 0) is 48.4 Å². The normalized spacial score (nSPS) is 28.3. The lowest BCUT2D eigenvalue weighted by atomic mass is 10.4. The van der Waals surface area contributed by atoms with Crippen LogP contribution in [0, 0.1) is 0 Å². The molecule has 1 aromatic rings. The van der Waals surface area contributed by atoms with Crippen LogP contribution in [0.4, 0.5) is 0 Å². The quantitative estimate of drug-likeness (QED) is 0.720. The van der Waals surface area contributed by atoms with Crippen LogP contribution in [-0.4, -0.2) is 43.1 Å². The first kappa shape index (κ1) is 13.9. The third kappa shape index (κ3) is 4.59. The Hall–Kier alpha value is 0.510. The number of hydrogen-bond donors (Lipinski definition) is 0. The molecule has 94 valence electrons. The predicted octanol–water partition coefficient (Wildman–Crippen LogP) is 3.99. The van der Waals surface area contributed by atoms with E-state index < -0.39 is 0 Å². The first-order valence-corrected chi connectivity index (χ1v) is 11.7. The van der Waals surface area contributed by atoms with Crippen molar-refractivity contribution < 1.29 is 0 Å². The van der Waals surface area contributed by atoms with Gasteiger partial charge in [-0.2, -0.15) is 0 Å². The van der Waals surface area contributed by atoms with Gasteiger partial charge >= 0.3 is 0 Å². The van der Waals surface area contributed by atoms with Crippen LogP contribution in [0.2, 0.25) is 0 Å². The lowest BCUT2D eigenvalue weighted by Crippen LogP contribution is -2.08. The molecule has 0 saturated carbocycles. The Morgan fingerprint density at radius 2 is 1.76 bits per heavy atom. The number of hydrogen-bond acceptors (Lipinski definition) is 0. The fraction of sp³-hybridized carbons (Fsp3) is 0.571. The molecule has 0 radical (unpaired) electrons. The van der Waals surface area contributed by atoms with E-state index in [-0.39, 0.29) is 7.92 Å². The molecule has 0 aromatic heterocycles. The SMILES string of the molecule is CCP1CCPCCP(c2ccccc2)CC1. The zero-order valence-corrected chi connectivity index (χ0v) is 13.5. The fourth-order valence-corrected chi connectivity index (χ4v) is 10.4. The average Bonchev–Trinajstić information content (AvgIpc) is 2.51. The summed E-state index contributed by atoms with van der Waals surface area (Å²) in [6, 6.07) is 11.3. The third-order valence-electron chi connectivity index (χ3n) is 3.42. The first-order chi connectivity index (χ1) is 8.40. The van der Waals surface area contributed by atoms with Crippen LogP contribution in [0.15, 0.2) is 30.3 Å². The van der Waals surface area contributed by atoms with Gasteiger partial charge in [0.1, 0.15) is 0 Å². The van der Waals surface area contributed by atoms with E-state index in [1.54, 1.807) is 11.5 Å². The van der Waals surface area contributed by atoms with E-state index in [0.717, 1.165) is 0 Å². The van der Waals surface area contributed by atoms with Crippen LogP contribution < -0.4 is 5.30 Å². The molecule has 3 unspecified atom stereocenters. The molecule has 3 heteroatoms. The van der Waals surface area contributed by atoms with Gasteiger partial charge in [0.15, 0.2) is 0 Å². The fourth-order valence-electron chi connectivity index (χ4n) is 2.28. The Bertz CT molecular complexity index is 313. The van der Waals surface area contributed by atoms with Gasteiger partial charge in [-0.15, -0.1) is 16.5 Å². The smallest absolute Gasteiger partial charge is 0.0240 e. The molecule has 1 aliphatic heterocycles. The van der Waals surface area contributed by atoms with Crippen molar-refractivity contribution >= 4 is 29.7 Å².